The average molecular weight is 138 g/mol. The van der Waals surface area contributed by atoms with Crippen LogP contribution < -0.4 is 0 Å². The number of allylic oxidation sites excluding steroid dienone is 2. The fourth-order valence-electron chi connectivity index (χ4n) is 0.341. The van der Waals surface area contributed by atoms with Gasteiger partial charge in [-0.3, -0.25) is 0 Å². The molecule has 0 unspecified atom stereocenters. The van der Waals surface area contributed by atoms with Crippen LogP contribution in [0.25, 0.3) is 0 Å². The van der Waals surface area contributed by atoms with Crippen LogP contribution in [-0.4, -0.2) is 12.6 Å². The van der Waals surface area contributed by atoms with Crippen LogP contribution in [0.15, 0.2) is 37.5 Å². The first-order chi connectivity index (χ1) is 4.81. The third-order valence-electron chi connectivity index (χ3n) is 0.761. The van der Waals surface area contributed by atoms with Crippen LogP contribution >= 0.6 is 0 Å². The van der Waals surface area contributed by atoms with Gasteiger partial charge in [0.05, 0.1) is 0 Å². The van der Waals surface area contributed by atoms with Crippen LogP contribution in [-0.2, 0) is 9.53 Å². The van der Waals surface area contributed by atoms with Crippen LogP contribution in [0.2, 0.25) is 0 Å². The maximum Gasteiger partial charge on any atom is 0.330 e. The molecule has 0 aliphatic carbocycles. The zero-order chi connectivity index (χ0) is 7.82. The van der Waals surface area contributed by atoms with E-state index in [2.05, 4.69) is 17.9 Å². The lowest BCUT2D eigenvalue weighted by molar-refractivity contribution is -0.136. The lowest BCUT2D eigenvalue weighted by atomic mass is 10.5. The topological polar surface area (TPSA) is 26.3 Å². The number of hydrogen-bond acceptors (Lipinski definition) is 2. The monoisotopic (exact) mass is 138 g/mol. The Bertz CT molecular complexity index is 157. The van der Waals surface area contributed by atoms with E-state index in [1.165, 1.54) is 0 Å². The van der Waals surface area contributed by atoms with E-state index in [1.807, 2.05) is 0 Å². The highest BCUT2D eigenvalue weighted by Crippen LogP contribution is 1.80. The number of rotatable bonds is 4. The molecule has 0 rings (SSSR count). The second-order valence-corrected chi connectivity index (χ2v) is 1.50. The highest BCUT2D eigenvalue weighted by molar-refractivity contribution is 5.81. The molecule has 0 bridgehead atoms. The first-order valence-corrected chi connectivity index (χ1v) is 2.88. The molecule has 0 aromatic carbocycles. The molecular formula is C8H10O2. The summed E-state index contributed by atoms with van der Waals surface area (Å²) in [4.78, 5) is 10.4. The number of esters is 1. The molecule has 0 atom stereocenters. The van der Waals surface area contributed by atoms with Crippen molar-refractivity contribution in [1.82, 2.24) is 0 Å². The first-order valence-electron chi connectivity index (χ1n) is 2.88. The molecule has 0 heterocycles. The molecule has 0 radical (unpaired) electrons. The standard InChI is InChI=1S/C8H10O2/c1-3-5-6-7-10-8(9)4-2/h3-6H,1-2,7H2/b6-5+. The Hall–Kier alpha value is -1.31. The van der Waals surface area contributed by atoms with Gasteiger partial charge in [0.25, 0.3) is 0 Å². The van der Waals surface area contributed by atoms with Gasteiger partial charge in [0.1, 0.15) is 6.61 Å². The van der Waals surface area contributed by atoms with Crippen LogP contribution in [0, 0.1) is 0 Å². The maximum absolute atomic E-state index is 10.4. The summed E-state index contributed by atoms with van der Waals surface area (Å²) in [5.41, 5.74) is 0. The second-order valence-electron chi connectivity index (χ2n) is 1.50. The fourth-order valence-corrected chi connectivity index (χ4v) is 0.341. The van der Waals surface area contributed by atoms with Crippen molar-refractivity contribution in [3.8, 4) is 0 Å². The van der Waals surface area contributed by atoms with Gasteiger partial charge in [0.2, 0.25) is 0 Å². The Morgan fingerprint density at radius 2 is 2.20 bits per heavy atom. The average Bonchev–Trinajstić information content (AvgIpc) is 1.98. The molecule has 0 aromatic rings. The van der Waals surface area contributed by atoms with Crippen molar-refractivity contribution < 1.29 is 9.53 Å². The quantitative estimate of drug-likeness (QED) is 0.334. The molecule has 0 saturated carbocycles. The summed E-state index contributed by atoms with van der Waals surface area (Å²) < 4.78 is 4.60. The van der Waals surface area contributed by atoms with Gasteiger partial charge in [-0.05, 0) is 6.08 Å². The molecule has 0 spiro atoms. The minimum atomic E-state index is -0.409. The summed E-state index contributed by atoms with van der Waals surface area (Å²) in [6.45, 7) is 6.97. The molecule has 0 saturated heterocycles. The molecule has 0 aliphatic heterocycles. The van der Waals surface area contributed by atoms with Gasteiger partial charge in [-0.25, -0.2) is 4.79 Å². The van der Waals surface area contributed by atoms with Crippen molar-refractivity contribution in [2.75, 3.05) is 6.61 Å². The van der Waals surface area contributed by atoms with E-state index in [9.17, 15) is 4.79 Å². The summed E-state index contributed by atoms with van der Waals surface area (Å²) in [5.74, 6) is -0.409. The van der Waals surface area contributed by atoms with Gasteiger partial charge in [-0.2, -0.15) is 0 Å². The van der Waals surface area contributed by atoms with Gasteiger partial charge in [-0.15, -0.1) is 0 Å². The van der Waals surface area contributed by atoms with Crippen molar-refractivity contribution >= 4 is 5.97 Å². The highest BCUT2D eigenvalue weighted by atomic mass is 16.5. The minimum Gasteiger partial charge on any atom is -0.458 e. The molecule has 0 amide bonds. The number of hydrogen-bond donors (Lipinski definition) is 0. The van der Waals surface area contributed by atoms with E-state index in [0.717, 1.165) is 6.08 Å². The van der Waals surface area contributed by atoms with Crippen molar-refractivity contribution in [2.24, 2.45) is 0 Å². The molecule has 0 N–H and O–H groups in total. The Morgan fingerprint density at radius 1 is 1.50 bits per heavy atom. The van der Waals surface area contributed by atoms with Crippen LogP contribution in [0.3, 0.4) is 0 Å². The molecule has 2 heteroatoms. The van der Waals surface area contributed by atoms with E-state index >= 15 is 0 Å². The third kappa shape index (κ3) is 4.84. The Labute approximate surface area is 60.5 Å². The van der Waals surface area contributed by atoms with Gasteiger partial charge in [0, 0.05) is 6.08 Å². The van der Waals surface area contributed by atoms with Crippen LogP contribution in [0.4, 0.5) is 0 Å². The van der Waals surface area contributed by atoms with Crippen LogP contribution in [0.5, 0.6) is 0 Å². The smallest absolute Gasteiger partial charge is 0.330 e. The molecule has 10 heavy (non-hydrogen) atoms. The predicted octanol–water partition coefficient (Wildman–Crippen LogP) is 1.46. The van der Waals surface area contributed by atoms with Gasteiger partial charge < -0.3 is 4.74 Å². The first kappa shape index (κ1) is 8.69. The van der Waals surface area contributed by atoms with Crippen molar-refractivity contribution in [2.45, 2.75) is 0 Å². The summed E-state index contributed by atoms with van der Waals surface area (Å²) >= 11 is 0. The SMILES string of the molecule is C=C/C=C/COC(=O)C=C. The summed E-state index contributed by atoms with van der Waals surface area (Å²) in [6.07, 6.45) is 6.13. The Balaban J connectivity index is 3.36. The fraction of sp³-hybridized carbons (Fsp3) is 0.125. The van der Waals surface area contributed by atoms with Gasteiger partial charge in [0.15, 0.2) is 0 Å². The van der Waals surface area contributed by atoms with Crippen LogP contribution in [0.1, 0.15) is 0 Å². The Kier molecular flexibility index (Phi) is 5.06. The summed E-state index contributed by atoms with van der Waals surface area (Å²) in [5, 5.41) is 0. The number of carbonyl (C=O) groups is 1. The number of carbonyl (C=O) groups excluding carboxylic acids is 1. The van der Waals surface area contributed by atoms with Gasteiger partial charge in [-0.1, -0.05) is 25.3 Å². The molecule has 0 aliphatic rings. The lowest BCUT2D eigenvalue weighted by Crippen LogP contribution is -1.98. The molecule has 0 aromatic heterocycles. The van der Waals surface area contributed by atoms with Gasteiger partial charge >= 0.3 is 5.97 Å². The van der Waals surface area contributed by atoms with Crippen molar-refractivity contribution in [1.29, 1.82) is 0 Å². The van der Waals surface area contributed by atoms with E-state index in [0.29, 0.717) is 0 Å². The van der Waals surface area contributed by atoms with E-state index in [1.54, 1.807) is 18.2 Å². The zero-order valence-corrected chi connectivity index (χ0v) is 5.75. The third-order valence-corrected chi connectivity index (χ3v) is 0.761. The molecular weight excluding hydrogens is 128 g/mol. The normalized spacial score (nSPS) is 9.20. The van der Waals surface area contributed by atoms with E-state index in [-0.39, 0.29) is 6.61 Å². The summed E-state index contributed by atoms with van der Waals surface area (Å²) in [7, 11) is 0. The largest absolute Gasteiger partial charge is 0.458 e. The zero-order valence-electron chi connectivity index (χ0n) is 5.75. The summed E-state index contributed by atoms with van der Waals surface area (Å²) in [6, 6.07) is 0. The number of ether oxygens (including phenoxy) is 1. The van der Waals surface area contributed by atoms with Crippen molar-refractivity contribution in [3.05, 3.63) is 37.5 Å². The molecule has 0 fully saturated rings. The van der Waals surface area contributed by atoms with E-state index < -0.39 is 5.97 Å². The predicted molar refractivity (Wildman–Crippen MR) is 40.5 cm³/mol. The lowest BCUT2D eigenvalue weighted by Gasteiger charge is -1.93. The molecule has 2 nitrogen and oxygen atoms in total. The van der Waals surface area contributed by atoms with E-state index in [4.69, 9.17) is 0 Å². The Morgan fingerprint density at radius 3 is 2.70 bits per heavy atom. The second kappa shape index (κ2) is 5.82. The van der Waals surface area contributed by atoms with Crippen molar-refractivity contribution in [3.63, 3.8) is 0 Å². The highest BCUT2D eigenvalue weighted by Gasteiger charge is 1.88. The minimum absolute atomic E-state index is 0.275. The molecule has 54 valence electrons. The maximum atomic E-state index is 10.4.